The molecule has 0 unspecified atom stereocenters. The highest BCUT2D eigenvalue weighted by Gasteiger charge is 2.30. The number of carbonyl (C=O) groups excluding carboxylic acids is 2. The fraction of sp³-hybridized carbons (Fsp3) is 0.538. The highest BCUT2D eigenvalue weighted by atomic mass is 79.9. The van der Waals surface area contributed by atoms with E-state index in [4.69, 9.17) is 4.74 Å². The van der Waals surface area contributed by atoms with E-state index >= 15 is 0 Å². The number of esters is 1. The topological polar surface area (TPSA) is 46.6 Å². The van der Waals surface area contributed by atoms with E-state index in [9.17, 15) is 9.59 Å². The molecule has 1 atom stereocenters. The third kappa shape index (κ3) is 3.62. The number of amides is 1. The highest BCUT2D eigenvalue weighted by molar-refractivity contribution is 9.13. The molecule has 0 bridgehead atoms. The molecule has 1 amide bonds. The molecule has 0 radical (unpaired) electrons. The number of hydrogen-bond acceptors (Lipinski definition) is 4. The van der Waals surface area contributed by atoms with Crippen LogP contribution in [0.5, 0.6) is 0 Å². The summed E-state index contributed by atoms with van der Waals surface area (Å²) in [4.78, 5) is 26.6. The van der Waals surface area contributed by atoms with E-state index in [0.29, 0.717) is 24.6 Å². The van der Waals surface area contributed by atoms with Gasteiger partial charge in [-0.3, -0.25) is 9.59 Å². The monoisotopic (exact) mass is 423 g/mol. The zero-order valence-electron chi connectivity index (χ0n) is 11.0. The van der Waals surface area contributed by atoms with Gasteiger partial charge in [0.05, 0.1) is 21.2 Å². The third-order valence-corrected chi connectivity index (χ3v) is 6.43. The Kier molecular flexibility index (Phi) is 5.63. The van der Waals surface area contributed by atoms with E-state index < -0.39 is 0 Å². The summed E-state index contributed by atoms with van der Waals surface area (Å²) in [6.07, 6.45) is 1.63. The second-order valence-electron chi connectivity index (χ2n) is 4.57. The van der Waals surface area contributed by atoms with E-state index in [1.807, 2.05) is 6.07 Å². The smallest absolute Gasteiger partial charge is 0.310 e. The summed E-state index contributed by atoms with van der Waals surface area (Å²) in [6, 6.07) is 1.81. The van der Waals surface area contributed by atoms with Crippen molar-refractivity contribution in [1.82, 2.24) is 4.90 Å². The summed E-state index contributed by atoms with van der Waals surface area (Å²) in [5, 5.41) is 0. The Morgan fingerprint density at radius 2 is 2.25 bits per heavy atom. The first kappa shape index (κ1) is 16.0. The summed E-state index contributed by atoms with van der Waals surface area (Å²) in [7, 11) is 0. The lowest BCUT2D eigenvalue weighted by molar-refractivity contribution is -0.149. The van der Waals surface area contributed by atoms with Gasteiger partial charge in [0.15, 0.2) is 0 Å². The minimum absolute atomic E-state index is 0.0181. The molecular formula is C13H15Br2NO3S. The first-order valence-corrected chi connectivity index (χ1v) is 8.84. The Morgan fingerprint density at radius 3 is 2.85 bits per heavy atom. The lowest BCUT2D eigenvalue weighted by Crippen LogP contribution is -2.42. The summed E-state index contributed by atoms with van der Waals surface area (Å²) < 4.78 is 6.83. The molecule has 1 aromatic rings. The van der Waals surface area contributed by atoms with Crippen LogP contribution in [-0.4, -0.2) is 36.5 Å². The first-order valence-electron chi connectivity index (χ1n) is 6.43. The molecule has 2 heterocycles. The number of likely N-dealkylation sites (tertiary alicyclic amines) is 1. The van der Waals surface area contributed by atoms with E-state index in [1.165, 1.54) is 11.3 Å². The van der Waals surface area contributed by atoms with Crippen LogP contribution < -0.4 is 0 Å². The number of carbonyl (C=O) groups is 2. The van der Waals surface area contributed by atoms with Crippen LogP contribution in [0.3, 0.4) is 0 Å². The van der Waals surface area contributed by atoms with Gasteiger partial charge in [0.25, 0.3) is 5.91 Å². The highest BCUT2D eigenvalue weighted by Crippen LogP contribution is 2.33. The number of hydrogen-bond donors (Lipinski definition) is 0. The molecule has 20 heavy (non-hydrogen) atoms. The minimum Gasteiger partial charge on any atom is -0.466 e. The van der Waals surface area contributed by atoms with Gasteiger partial charge in [-0.2, -0.15) is 0 Å². The van der Waals surface area contributed by atoms with Gasteiger partial charge in [0, 0.05) is 17.6 Å². The van der Waals surface area contributed by atoms with Gasteiger partial charge < -0.3 is 9.64 Å². The van der Waals surface area contributed by atoms with E-state index in [0.717, 1.165) is 21.1 Å². The lowest BCUT2D eigenvalue weighted by atomic mass is 9.98. The molecule has 0 aromatic carbocycles. The summed E-state index contributed by atoms with van der Waals surface area (Å²) in [6.45, 7) is 3.32. The maximum Gasteiger partial charge on any atom is 0.310 e. The van der Waals surface area contributed by atoms with Gasteiger partial charge in [-0.15, -0.1) is 11.3 Å². The van der Waals surface area contributed by atoms with Gasteiger partial charge in [-0.25, -0.2) is 0 Å². The third-order valence-electron chi connectivity index (χ3n) is 3.18. The van der Waals surface area contributed by atoms with Crippen molar-refractivity contribution in [2.75, 3.05) is 19.7 Å². The Bertz CT molecular complexity index is 498. The fourth-order valence-corrected chi connectivity index (χ4v) is 4.23. The summed E-state index contributed by atoms with van der Waals surface area (Å²) in [5.74, 6) is -0.409. The van der Waals surface area contributed by atoms with Gasteiger partial charge in [-0.1, -0.05) is 0 Å². The molecule has 1 aliphatic rings. The van der Waals surface area contributed by atoms with E-state index in [-0.39, 0.29) is 17.8 Å². The second-order valence-corrected chi connectivity index (χ2v) is 7.80. The summed E-state index contributed by atoms with van der Waals surface area (Å²) >= 11 is 8.17. The number of piperidine rings is 1. The predicted molar refractivity (Wildman–Crippen MR) is 85.0 cm³/mol. The molecule has 1 aliphatic heterocycles. The van der Waals surface area contributed by atoms with Crippen molar-refractivity contribution >= 4 is 55.1 Å². The maximum atomic E-state index is 12.4. The fourth-order valence-electron chi connectivity index (χ4n) is 2.22. The van der Waals surface area contributed by atoms with Crippen molar-refractivity contribution < 1.29 is 14.3 Å². The molecule has 1 saturated heterocycles. The van der Waals surface area contributed by atoms with E-state index in [2.05, 4.69) is 31.9 Å². The Morgan fingerprint density at radius 1 is 1.50 bits per heavy atom. The normalized spacial score (nSPS) is 18.9. The average Bonchev–Trinajstić information content (AvgIpc) is 2.78. The Hall–Kier alpha value is -0.400. The summed E-state index contributed by atoms with van der Waals surface area (Å²) in [5.41, 5.74) is 0. The molecule has 0 spiro atoms. The van der Waals surface area contributed by atoms with Gasteiger partial charge >= 0.3 is 5.97 Å². The molecule has 1 aromatic heterocycles. The zero-order valence-corrected chi connectivity index (χ0v) is 15.0. The van der Waals surface area contributed by atoms with Crippen molar-refractivity contribution in [3.05, 3.63) is 19.2 Å². The SMILES string of the molecule is CCOC(=O)[C@@H]1CCCN(C(=O)c2cc(Br)c(Br)s2)C1. The second kappa shape index (κ2) is 7.04. The van der Waals surface area contributed by atoms with E-state index in [1.54, 1.807) is 11.8 Å². The molecule has 0 N–H and O–H groups in total. The van der Waals surface area contributed by atoms with Crippen LogP contribution in [0.2, 0.25) is 0 Å². The number of nitrogens with zero attached hydrogens (tertiary/aromatic N) is 1. The average molecular weight is 425 g/mol. The number of rotatable bonds is 3. The van der Waals surface area contributed by atoms with Crippen molar-refractivity contribution in [3.8, 4) is 0 Å². The van der Waals surface area contributed by atoms with Gasteiger partial charge in [0.2, 0.25) is 0 Å². The van der Waals surface area contributed by atoms with Gasteiger partial charge in [0.1, 0.15) is 0 Å². The zero-order chi connectivity index (χ0) is 14.7. The Balaban J connectivity index is 2.05. The van der Waals surface area contributed by atoms with Crippen LogP contribution in [-0.2, 0) is 9.53 Å². The molecular weight excluding hydrogens is 410 g/mol. The molecule has 7 heteroatoms. The molecule has 0 aliphatic carbocycles. The Labute approximate surface area is 138 Å². The van der Waals surface area contributed by atoms with Crippen LogP contribution in [0.15, 0.2) is 14.3 Å². The van der Waals surface area contributed by atoms with Crippen LogP contribution >= 0.6 is 43.2 Å². The van der Waals surface area contributed by atoms with Gasteiger partial charge in [-0.05, 0) is 57.7 Å². The van der Waals surface area contributed by atoms with Crippen LogP contribution in [0.4, 0.5) is 0 Å². The number of ether oxygens (including phenoxy) is 1. The molecule has 110 valence electrons. The molecule has 4 nitrogen and oxygen atoms in total. The molecule has 0 saturated carbocycles. The number of halogens is 2. The quantitative estimate of drug-likeness (QED) is 0.695. The van der Waals surface area contributed by atoms with Crippen molar-refractivity contribution in [2.45, 2.75) is 19.8 Å². The van der Waals surface area contributed by atoms with Crippen LogP contribution in [0.1, 0.15) is 29.4 Å². The van der Waals surface area contributed by atoms with Crippen molar-refractivity contribution in [3.63, 3.8) is 0 Å². The standard InChI is InChI=1S/C13H15Br2NO3S/c1-2-19-13(18)8-4-3-5-16(7-8)12(17)10-6-9(14)11(15)20-10/h6,8H,2-5,7H2,1H3/t8-/m1/s1. The lowest BCUT2D eigenvalue weighted by Gasteiger charge is -2.31. The minimum atomic E-state index is -0.196. The van der Waals surface area contributed by atoms with Crippen molar-refractivity contribution in [2.24, 2.45) is 5.92 Å². The van der Waals surface area contributed by atoms with Crippen molar-refractivity contribution in [1.29, 1.82) is 0 Å². The van der Waals surface area contributed by atoms with Crippen LogP contribution in [0, 0.1) is 5.92 Å². The number of thiophene rings is 1. The molecule has 1 fully saturated rings. The van der Waals surface area contributed by atoms with Crippen LogP contribution in [0.25, 0.3) is 0 Å². The predicted octanol–water partition coefficient (Wildman–Crippen LogP) is 3.69. The molecule has 2 rings (SSSR count). The largest absolute Gasteiger partial charge is 0.466 e. The first-order chi connectivity index (χ1) is 9.52. The maximum absolute atomic E-state index is 12.4.